The first-order valence-electron chi connectivity index (χ1n) is 6.82. The number of hydrogen-bond donors (Lipinski definition) is 0. The fourth-order valence-electron chi connectivity index (χ4n) is 2.64. The van der Waals surface area contributed by atoms with Crippen LogP contribution in [0.25, 0.3) is 0 Å². The number of carbonyl (C=O) groups excluding carboxylic acids is 2. The van der Waals surface area contributed by atoms with Gasteiger partial charge >= 0.3 is 5.97 Å². The molecule has 3 atom stereocenters. The second kappa shape index (κ2) is 6.77. The van der Waals surface area contributed by atoms with E-state index in [1.807, 2.05) is 0 Å². The fourth-order valence-corrected chi connectivity index (χ4v) is 2.64. The molecule has 0 aliphatic heterocycles. The van der Waals surface area contributed by atoms with Gasteiger partial charge in [-0.1, -0.05) is 26.7 Å². The van der Waals surface area contributed by atoms with Crippen molar-refractivity contribution in [2.24, 2.45) is 17.8 Å². The Kier molecular flexibility index (Phi) is 5.66. The number of carbonyl (C=O) groups is 2. The average molecular weight is 240 g/mol. The summed E-state index contributed by atoms with van der Waals surface area (Å²) in [5.74, 6) is -0.201. The van der Waals surface area contributed by atoms with Crippen molar-refractivity contribution in [1.82, 2.24) is 0 Å². The SMILES string of the molecule is CCCCC1C(=O)C(C(=O)OCC)CCC1C. The van der Waals surface area contributed by atoms with E-state index in [-0.39, 0.29) is 17.7 Å². The monoisotopic (exact) mass is 240 g/mol. The van der Waals surface area contributed by atoms with Gasteiger partial charge in [0.15, 0.2) is 0 Å². The lowest BCUT2D eigenvalue weighted by molar-refractivity contribution is -0.155. The smallest absolute Gasteiger partial charge is 0.316 e. The number of ketones is 1. The molecular formula is C14H24O3. The number of rotatable bonds is 5. The summed E-state index contributed by atoms with van der Waals surface area (Å²) in [7, 11) is 0. The van der Waals surface area contributed by atoms with Gasteiger partial charge in [-0.15, -0.1) is 0 Å². The van der Waals surface area contributed by atoms with E-state index in [1.165, 1.54) is 0 Å². The Bertz CT molecular complexity index is 273. The van der Waals surface area contributed by atoms with Crippen LogP contribution in [0.5, 0.6) is 0 Å². The summed E-state index contributed by atoms with van der Waals surface area (Å²) in [4.78, 5) is 23.9. The molecule has 1 saturated carbocycles. The summed E-state index contributed by atoms with van der Waals surface area (Å²) in [6, 6.07) is 0. The van der Waals surface area contributed by atoms with Crippen LogP contribution in [0, 0.1) is 17.8 Å². The van der Waals surface area contributed by atoms with E-state index in [1.54, 1.807) is 6.92 Å². The van der Waals surface area contributed by atoms with Crippen LogP contribution in [-0.4, -0.2) is 18.4 Å². The third kappa shape index (κ3) is 3.55. The molecule has 0 bridgehead atoms. The largest absolute Gasteiger partial charge is 0.465 e. The van der Waals surface area contributed by atoms with Crippen LogP contribution in [0.4, 0.5) is 0 Å². The molecule has 3 unspecified atom stereocenters. The fraction of sp³-hybridized carbons (Fsp3) is 0.857. The lowest BCUT2D eigenvalue weighted by Crippen LogP contribution is -2.38. The van der Waals surface area contributed by atoms with E-state index < -0.39 is 5.92 Å². The van der Waals surface area contributed by atoms with Gasteiger partial charge in [-0.3, -0.25) is 9.59 Å². The van der Waals surface area contributed by atoms with Crippen LogP contribution in [0.15, 0.2) is 0 Å². The maximum absolute atomic E-state index is 12.3. The van der Waals surface area contributed by atoms with Gasteiger partial charge in [-0.05, 0) is 32.1 Å². The van der Waals surface area contributed by atoms with Gasteiger partial charge in [-0.2, -0.15) is 0 Å². The summed E-state index contributed by atoms with van der Waals surface area (Å²) in [5, 5.41) is 0. The molecule has 0 saturated heterocycles. The number of unbranched alkanes of at least 4 members (excludes halogenated alkanes) is 1. The van der Waals surface area contributed by atoms with Gasteiger partial charge in [-0.25, -0.2) is 0 Å². The standard InChI is InChI=1S/C14H24O3/c1-4-6-7-11-10(3)8-9-12(13(11)15)14(16)17-5-2/h10-12H,4-9H2,1-3H3. The number of ether oxygens (including phenoxy) is 1. The van der Waals surface area contributed by atoms with Crippen LogP contribution in [0.3, 0.4) is 0 Å². The minimum Gasteiger partial charge on any atom is -0.465 e. The second-order valence-corrected chi connectivity index (χ2v) is 5.01. The minimum atomic E-state index is -0.493. The maximum atomic E-state index is 12.3. The van der Waals surface area contributed by atoms with Crippen molar-refractivity contribution in [2.75, 3.05) is 6.61 Å². The lowest BCUT2D eigenvalue weighted by atomic mass is 9.72. The number of hydrogen-bond acceptors (Lipinski definition) is 3. The third-order valence-corrected chi connectivity index (χ3v) is 3.75. The first-order chi connectivity index (χ1) is 8.11. The molecule has 0 aromatic rings. The van der Waals surface area contributed by atoms with Crippen molar-refractivity contribution >= 4 is 11.8 Å². The molecule has 0 heterocycles. The van der Waals surface area contributed by atoms with Gasteiger partial charge in [0.1, 0.15) is 11.7 Å². The Morgan fingerprint density at radius 3 is 2.65 bits per heavy atom. The van der Waals surface area contributed by atoms with Crippen LogP contribution < -0.4 is 0 Å². The molecular weight excluding hydrogens is 216 g/mol. The molecule has 3 nitrogen and oxygen atoms in total. The van der Waals surface area contributed by atoms with Crippen LogP contribution >= 0.6 is 0 Å². The van der Waals surface area contributed by atoms with E-state index in [2.05, 4.69) is 13.8 Å². The van der Waals surface area contributed by atoms with Gasteiger partial charge in [0.25, 0.3) is 0 Å². The van der Waals surface area contributed by atoms with Crippen molar-refractivity contribution in [3.63, 3.8) is 0 Å². The van der Waals surface area contributed by atoms with E-state index in [9.17, 15) is 9.59 Å². The molecule has 0 radical (unpaired) electrons. The van der Waals surface area contributed by atoms with Crippen molar-refractivity contribution in [3.8, 4) is 0 Å². The minimum absolute atomic E-state index is 0.0677. The molecule has 98 valence electrons. The van der Waals surface area contributed by atoms with Crippen molar-refractivity contribution < 1.29 is 14.3 Å². The first kappa shape index (κ1) is 14.2. The maximum Gasteiger partial charge on any atom is 0.316 e. The zero-order valence-corrected chi connectivity index (χ0v) is 11.2. The molecule has 0 aromatic carbocycles. The normalized spacial score (nSPS) is 29.1. The summed E-state index contributed by atoms with van der Waals surface area (Å²) >= 11 is 0. The molecule has 0 aromatic heterocycles. The van der Waals surface area contributed by atoms with E-state index in [4.69, 9.17) is 4.74 Å². The highest BCUT2D eigenvalue weighted by molar-refractivity contribution is 6.00. The molecule has 1 aliphatic rings. The highest BCUT2D eigenvalue weighted by Gasteiger charge is 2.39. The highest BCUT2D eigenvalue weighted by Crippen LogP contribution is 2.34. The van der Waals surface area contributed by atoms with Crippen LogP contribution in [0.1, 0.15) is 52.9 Å². The van der Waals surface area contributed by atoms with Crippen LogP contribution in [0.2, 0.25) is 0 Å². The second-order valence-electron chi connectivity index (χ2n) is 5.01. The predicted octanol–water partition coefficient (Wildman–Crippen LogP) is 2.97. The van der Waals surface area contributed by atoms with Gasteiger partial charge in [0.05, 0.1) is 6.61 Å². The summed E-state index contributed by atoms with van der Waals surface area (Å²) in [5.41, 5.74) is 0. The Labute approximate surface area is 104 Å². The molecule has 0 amide bonds. The van der Waals surface area contributed by atoms with Crippen molar-refractivity contribution in [2.45, 2.75) is 52.9 Å². The number of Topliss-reactive ketones (excluding diaryl/α,β-unsaturated/α-hetero) is 1. The lowest BCUT2D eigenvalue weighted by Gasteiger charge is -2.31. The van der Waals surface area contributed by atoms with E-state index in [0.29, 0.717) is 18.9 Å². The summed E-state index contributed by atoms with van der Waals surface area (Å²) in [6.45, 7) is 6.39. The summed E-state index contributed by atoms with van der Waals surface area (Å²) < 4.78 is 4.98. The Hall–Kier alpha value is -0.860. The topological polar surface area (TPSA) is 43.4 Å². The molecule has 3 heteroatoms. The van der Waals surface area contributed by atoms with Gasteiger partial charge < -0.3 is 4.74 Å². The zero-order valence-electron chi connectivity index (χ0n) is 11.2. The quantitative estimate of drug-likeness (QED) is 0.548. The predicted molar refractivity (Wildman–Crippen MR) is 66.5 cm³/mol. The van der Waals surface area contributed by atoms with Crippen LogP contribution in [-0.2, 0) is 14.3 Å². The van der Waals surface area contributed by atoms with Gasteiger partial charge in [0.2, 0.25) is 0 Å². The molecule has 17 heavy (non-hydrogen) atoms. The Morgan fingerprint density at radius 1 is 1.35 bits per heavy atom. The third-order valence-electron chi connectivity index (χ3n) is 3.75. The zero-order chi connectivity index (χ0) is 12.8. The molecule has 0 spiro atoms. The van der Waals surface area contributed by atoms with Crippen molar-refractivity contribution in [3.05, 3.63) is 0 Å². The Balaban J connectivity index is 2.64. The molecule has 1 aliphatic carbocycles. The molecule has 0 N–H and O–H groups in total. The van der Waals surface area contributed by atoms with E-state index in [0.717, 1.165) is 25.7 Å². The summed E-state index contributed by atoms with van der Waals surface area (Å²) in [6.07, 6.45) is 4.72. The first-order valence-corrected chi connectivity index (χ1v) is 6.82. The van der Waals surface area contributed by atoms with Gasteiger partial charge in [0, 0.05) is 5.92 Å². The Morgan fingerprint density at radius 2 is 2.06 bits per heavy atom. The molecule has 1 rings (SSSR count). The number of esters is 1. The average Bonchev–Trinajstić information content (AvgIpc) is 2.29. The molecule has 1 fully saturated rings. The van der Waals surface area contributed by atoms with E-state index >= 15 is 0 Å². The van der Waals surface area contributed by atoms with Crippen molar-refractivity contribution in [1.29, 1.82) is 0 Å². The highest BCUT2D eigenvalue weighted by atomic mass is 16.5.